The van der Waals surface area contributed by atoms with Gasteiger partial charge in [-0.25, -0.2) is 8.42 Å². The van der Waals surface area contributed by atoms with Crippen molar-refractivity contribution < 1.29 is 13.2 Å². The molecule has 0 unspecified atom stereocenters. The van der Waals surface area contributed by atoms with Crippen LogP contribution in [0.25, 0.3) is 5.69 Å². The number of tetrazole rings is 1. The van der Waals surface area contributed by atoms with E-state index in [2.05, 4.69) is 31.0 Å². The molecule has 0 bridgehead atoms. The molecule has 0 aliphatic heterocycles. The Morgan fingerprint density at radius 2 is 1.83 bits per heavy atom. The van der Waals surface area contributed by atoms with Gasteiger partial charge < -0.3 is 5.32 Å². The highest BCUT2D eigenvalue weighted by atomic mass is 32.2. The summed E-state index contributed by atoms with van der Waals surface area (Å²) in [7, 11) is -3.26. The number of nitrogens with one attached hydrogen (secondary N) is 1. The standard InChI is InChI=1S/C16H19N7O3S4/c1-3-8-17-14(24)10-28-16-20-19-15(29-16)27-9-13-18-21-22-23(13)11-4-6-12(7-5-11)30(2,25)26/h4-7H,3,8-10H2,1-2H3,(H,17,24). The molecule has 3 rings (SSSR count). The number of benzene rings is 1. The molecule has 1 aromatic carbocycles. The second-order valence-electron chi connectivity index (χ2n) is 6.03. The van der Waals surface area contributed by atoms with E-state index < -0.39 is 9.84 Å². The van der Waals surface area contributed by atoms with Gasteiger partial charge in [-0.05, 0) is 41.1 Å². The quantitative estimate of drug-likeness (QED) is 0.424. The fourth-order valence-corrected chi connectivity index (χ4v) is 5.60. The van der Waals surface area contributed by atoms with Crippen LogP contribution < -0.4 is 5.32 Å². The predicted molar refractivity (Wildman–Crippen MR) is 116 cm³/mol. The topological polar surface area (TPSA) is 133 Å². The SMILES string of the molecule is CCCNC(=O)CSc1nnc(SCc2nnnn2-c2ccc(S(C)(=O)=O)cc2)s1. The summed E-state index contributed by atoms with van der Waals surface area (Å²) in [5.41, 5.74) is 0.662. The van der Waals surface area contributed by atoms with Crippen LogP contribution in [-0.4, -0.2) is 63.3 Å². The van der Waals surface area contributed by atoms with Gasteiger partial charge in [0.25, 0.3) is 0 Å². The van der Waals surface area contributed by atoms with Gasteiger partial charge >= 0.3 is 0 Å². The van der Waals surface area contributed by atoms with Gasteiger partial charge in [-0.15, -0.1) is 15.3 Å². The molecule has 0 saturated heterocycles. The molecule has 0 atom stereocenters. The lowest BCUT2D eigenvalue weighted by molar-refractivity contribution is -0.118. The summed E-state index contributed by atoms with van der Waals surface area (Å²) in [5, 5.41) is 22.8. The van der Waals surface area contributed by atoms with Crippen molar-refractivity contribution in [3.63, 3.8) is 0 Å². The van der Waals surface area contributed by atoms with Gasteiger partial charge in [0.15, 0.2) is 24.3 Å². The van der Waals surface area contributed by atoms with Crippen molar-refractivity contribution in [2.45, 2.75) is 32.7 Å². The number of sulfone groups is 1. The third-order valence-corrected chi connectivity index (χ3v) is 7.97. The summed E-state index contributed by atoms with van der Waals surface area (Å²) in [6.45, 7) is 2.67. The lowest BCUT2D eigenvalue weighted by atomic mass is 10.3. The van der Waals surface area contributed by atoms with Crippen LogP contribution in [0.4, 0.5) is 0 Å². The number of rotatable bonds is 10. The molecule has 30 heavy (non-hydrogen) atoms. The van der Waals surface area contributed by atoms with Crippen LogP contribution in [0, 0.1) is 0 Å². The predicted octanol–water partition coefficient (Wildman–Crippen LogP) is 1.83. The highest BCUT2D eigenvalue weighted by Crippen LogP contribution is 2.30. The normalized spacial score (nSPS) is 11.5. The van der Waals surface area contributed by atoms with Crippen LogP contribution in [0.2, 0.25) is 0 Å². The van der Waals surface area contributed by atoms with Crippen molar-refractivity contribution in [3.05, 3.63) is 30.1 Å². The van der Waals surface area contributed by atoms with E-state index in [0.717, 1.165) is 21.4 Å². The first-order valence-corrected chi connectivity index (χ1v) is 13.5. The average Bonchev–Trinajstić information content (AvgIpc) is 3.37. The number of carbonyl (C=O) groups is 1. The summed E-state index contributed by atoms with van der Waals surface area (Å²) >= 11 is 4.19. The fraction of sp³-hybridized carbons (Fsp3) is 0.375. The van der Waals surface area contributed by atoms with E-state index in [1.54, 1.807) is 16.8 Å². The molecule has 0 saturated carbocycles. The van der Waals surface area contributed by atoms with E-state index in [9.17, 15) is 13.2 Å². The lowest BCUT2D eigenvalue weighted by Crippen LogP contribution is -2.25. The van der Waals surface area contributed by atoms with E-state index in [0.29, 0.717) is 29.6 Å². The first-order valence-electron chi connectivity index (χ1n) is 8.80. The molecule has 2 heterocycles. The molecule has 0 aliphatic carbocycles. The van der Waals surface area contributed by atoms with Crippen LogP contribution in [0.1, 0.15) is 19.2 Å². The largest absolute Gasteiger partial charge is 0.355 e. The average molecular weight is 486 g/mol. The van der Waals surface area contributed by atoms with Gasteiger partial charge in [-0.3, -0.25) is 4.79 Å². The van der Waals surface area contributed by atoms with E-state index in [1.165, 1.54) is 47.0 Å². The van der Waals surface area contributed by atoms with E-state index in [-0.39, 0.29) is 10.8 Å². The van der Waals surface area contributed by atoms with E-state index in [4.69, 9.17) is 0 Å². The van der Waals surface area contributed by atoms with Gasteiger partial charge in [0, 0.05) is 12.8 Å². The smallest absolute Gasteiger partial charge is 0.230 e. The fourth-order valence-electron chi connectivity index (χ4n) is 2.21. The first kappa shape index (κ1) is 22.7. The van der Waals surface area contributed by atoms with Gasteiger partial charge in [-0.1, -0.05) is 41.8 Å². The summed E-state index contributed by atoms with van der Waals surface area (Å²) in [6.07, 6.45) is 2.06. The molecule has 2 aromatic heterocycles. The Bertz CT molecular complexity index is 1100. The zero-order chi connectivity index (χ0) is 21.6. The minimum Gasteiger partial charge on any atom is -0.355 e. The number of nitrogens with zero attached hydrogens (tertiary/aromatic N) is 6. The maximum absolute atomic E-state index is 11.7. The molecule has 14 heteroatoms. The highest BCUT2D eigenvalue weighted by Gasteiger charge is 2.13. The molecule has 0 fully saturated rings. The molecular formula is C16H19N7O3S4. The number of hydrogen-bond acceptors (Lipinski definition) is 11. The third kappa shape index (κ3) is 6.23. The van der Waals surface area contributed by atoms with Gasteiger partial charge in [0.2, 0.25) is 5.91 Å². The first-order chi connectivity index (χ1) is 14.4. The van der Waals surface area contributed by atoms with Crippen LogP contribution in [0.15, 0.2) is 37.8 Å². The summed E-state index contributed by atoms with van der Waals surface area (Å²) in [4.78, 5) is 11.9. The maximum atomic E-state index is 11.7. The van der Waals surface area contributed by atoms with Crippen molar-refractivity contribution in [2.24, 2.45) is 0 Å². The zero-order valence-electron chi connectivity index (χ0n) is 16.2. The zero-order valence-corrected chi connectivity index (χ0v) is 19.4. The van der Waals surface area contributed by atoms with Gasteiger partial charge in [0.1, 0.15) is 0 Å². The lowest BCUT2D eigenvalue weighted by Gasteiger charge is -2.04. The Morgan fingerprint density at radius 3 is 2.50 bits per heavy atom. The Hall–Kier alpha value is -2.03. The van der Waals surface area contributed by atoms with Crippen LogP contribution >= 0.6 is 34.9 Å². The Kier molecular flexibility index (Phi) is 7.80. The van der Waals surface area contributed by atoms with Crippen molar-refractivity contribution in [1.29, 1.82) is 0 Å². The molecule has 0 spiro atoms. The third-order valence-electron chi connectivity index (χ3n) is 3.66. The summed E-state index contributed by atoms with van der Waals surface area (Å²) in [5.74, 6) is 1.33. The summed E-state index contributed by atoms with van der Waals surface area (Å²) < 4.78 is 26.2. The minimum atomic E-state index is -3.26. The van der Waals surface area contributed by atoms with Crippen LogP contribution in [0.5, 0.6) is 0 Å². The number of carbonyl (C=O) groups excluding carboxylic acids is 1. The highest BCUT2D eigenvalue weighted by molar-refractivity contribution is 8.03. The molecule has 0 radical (unpaired) electrons. The number of amides is 1. The Morgan fingerprint density at radius 1 is 1.13 bits per heavy atom. The molecule has 0 aliphatic rings. The molecule has 1 amide bonds. The molecule has 3 aromatic rings. The molecule has 1 N–H and O–H groups in total. The number of hydrogen-bond donors (Lipinski definition) is 1. The number of thioether (sulfide) groups is 2. The van der Waals surface area contributed by atoms with Gasteiger partial charge in [0.05, 0.1) is 22.1 Å². The van der Waals surface area contributed by atoms with E-state index >= 15 is 0 Å². The van der Waals surface area contributed by atoms with Crippen LogP contribution in [0.3, 0.4) is 0 Å². The molecular weight excluding hydrogens is 466 g/mol. The molecule has 160 valence electrons. The van der Waals surface area contributed by atoms with Crippen molar-refractivity contribution in [2.75, 3.05) is 18.6 Å². The molecule has 10 nitrogen and oxygen atoms in total. The maximum Gasteiger partial charge on any atom is 0.230 e. The van der Waals surface area contributed by atoms with Crippen molar-refractivity contribution >= 4 is 50.6 Å². The Balaban J connectivity index is 1.58. The monoisotopic (exact) mass is 485 g/mol. The van der Waals surface area contributed by atoms with Gasteiger partial charge in [-0.2, -0.15) is 4.68 Å². The van der Waals surface area contributed by atoms with Crippen molar-refractivity contribution in [3.8, 4) is 5.69 Å². The van der Waals surface area contributed by atoms with Crippen molar-refractivity contribution in [1.82, 2.24) is 35.7 Å². The minimum absolute atomic E-state index is 0.0210. The Labute approximate surface area is 186 Å². The second kappa shape index (κ2) is 10.3. The second-order valence-corrected chi connectivity index (χ2v) is 11.5. The van der Waals surface area contributed by atoms with Crippen LogP contribution in [-0.2, 0) is 20.4 Å². The summed E-state index contributed by atoms with van der Waals surface area (Å²) in [6, 6.07) is 6.36. The van der Waals surface area contributed by atoms with E-state index in [1.807, 2.05) is 6.92 Å². The number of aromatic nitrogens is 6.